The highest BCUT2D eigenvalue weighted by atomic mass is 19.4. The SMILES string of the molecule is CN(CC(=O)NC1CC1)CC(O)C(F)(F)F. The molecule has 7 heteroatoms. The molecule has 94 valence electrons. The number of amides is 1. The standard InChI is InChI=1S/C9H15F3N2O2/c1-14(4-7(15)9(10,11)12)5-8(16)13-6-2-3-6/h6-7,15H,2-5H2,1H3,(H,13,16). The van der Waals surface area contributed by atoms with Gasteiger partial charge in [-0.3, -0.25) is 9.69 Å². The van der Waals surface area contributed by atoms with E-state index in [2.05, 4.69) is 5.32 Å². The maximum Gasteiger partial charge on any atom is 0.415 e. The molecule has 0 heterocycles. The molecule has 0 aromatic rings. The zero-order chi connectivity index (χ0) is 12.3. The molecule has 0 aromatic carbocycles. The highest BCUT2D eigenvalue weighted by Gasteiger charge is 2.38. The number of rotatable bonds is 5. The average molecular weight is 240 g/mol. The monoisotopic (exact) mass is 240 g/mol. The van der Waals surface area contributed by atoms with E-state index in [1.807, 2.05) is 0 Å². The lowest BCUT2D eigenvalue weighted by molar-refractivity contribution is -0.207. The van der Waals surface area contributed by atoms with E-state index in [-0.39, 0.29) is 18.5 Å². The fraction of sp³-hybridized carbons (Fsp3) is 0.889. The van der Waals surface area contributed by atoms with Crippen molar-refractivity contribution in [3.8, 4) is 0 Å². The Morgan fingerprint density at radius 1 is 1.56 bits per heavy atom. The van der Waals surface area contributed by atoms with Crippen molar-refractivity contribution in [2.75, 3.05) is 20.1 Å². The van der Waals surface area contributed by atoms with Gasteiger partial charge in [-0.05, 0) is 19.9 Å². The molecular formula is C9H15F3N2O2. The quantitative estimate of drug-likeness (QED) is 0.717. The van der Waals surface area contributed by atoms with Crippen molar-refractivity contribution in [3.63, 3.8) is 0 Å². The minimum Gasteiger partial charge on any atom is -0.382 e. The van der Waals surface area contributed by atoms with Crippen molar-refractivity contribution in [1.82, 2.24) is 10.2 Å². The van der Waals surface area contributed by atoms with Gasteiger partial charge in [0.1, 0.15) is 0 Å². The van der Waals surface area contributed by atoms with Crippen LogP contribution in [0.25, 0.3) is 0 Å². The molecule has 0 aromatic heterocycles. The van der Waals surface area contributed by atoms with Crippen LogP contribution in [-0.2, 0) is 4.79 Å². The average Bonchev–Trinajstić information content (AvgIpc) is 2.85. The van der Waals surface area contributed by atoms with E-state index in [4.69, 9.17) is 5.11 Å². The van der Waals surface area contributed by atoms with Crippen LogP contribution >= 0.6 is 0 Å². The van der Waals surface area contributed by atoms with Gasteiger partial charge in [-0.2, -0.15) is 13.2 Å². The first-order valence-electron chi connectivity index (χ1n) is 5.01. The van der Waals surface area contributed by atoms with Crippen LogP contribution < -0.4 is 5.32 Å². The predicted octanol–water partition coefficient (Wildman–Crippen LogP) is 0.120. The smallest absolute Gasteiger partial charge is 0.382 e. The number of alkyl halides is 3. The number of halogens is 3. The Hall–Kier alpha value is -0.820. The van der Waals surface area contributed by atoms with Crippen LogP contribution in [0.4, 0.5) is 13.2 Å². The number of hydrogen-bond acceptors (Lipinski definition) is 3. The van der Waals surface area contributed by atoms with Crippen molar-refractivity contribution in [1.29, 1.82) is 0 Å². The summed E-state index contributed by atoms with van der Waals surface area (Å²) in [6.07, 6.45) is -5.19. The number of nitrogens with one attached hydrogen (secondary N) is 1. The summed E-state index contributed by atoms with van der Waals surface area (Å²) in [7, 11) is 1.36. The zero-order valence-electron chi connectivity index (χ0n) is 8.92. The van der Waals surface area contributed by atoms with Crippen LogP contribution in [0.1, 0.15) is 12.8 Å². The minimum absolute atomic E-state index is 0.135. The molecule has 1 amide bonds. The summed E-state index contributed by atoms with van der Waals surface area (Å²) >= 11 is 0. The predicted molar refractivity (Wildman–Crippen MR) is 50.7 cm³/mol. The molecule has 1 aliphatic carbocycles. The van der Waals surface area contributed by atoms with E-state index in [1.54, 1.807) is 0 Å². The van der Waals surface area contributed by atoms with Crippen molar-refractivity contribution >= 4 is 5.91 Å². The van der Waals surface area contributed by atoms with Gasteiger partial charge in [0.15, 0.2) is 6.10 Å². The van der Waals surface area contributed by atoms with E-state index < -0.39 is 18.8 Å². The van der Waals surface area contributed by atoms with Crippen LogP contribution in [0.2, 0.25) is 0 Å². The van der Waals surface area contributed by atoms with Gasteiger partial charge in [0.2, 0.25) is 5.91 Å². The lowest BCUT2D eigenvalue weighted by Crippen LogP contribution is -2.43. The number of carbonyl (C=O) groups is 1. The second-order valence-corrected chi connectivity index (χ2v) is 4.10. The summed E-state index contributed by atoms with van der Waals surface area (Å²) < 4.78 is 36.0. The Morgan fingerprint density at radius 2 is 2.12 bits per heavy atom. The van der Waals surface area contributed by atoms with Gasteiger partial charge >= 0.3 is 6.18 Å². The summed E-state index contributed by atoms with van der Waals surface area (Å²) in [5, 5.41) is 11.4. The third kappa shape index (κ3) is 4.80. The largest absolute Gasteiger partial charge is 0.415 e. The molecule has 0 aliphatic heterocycles. The number of aliphatic hydroxyl groups excluding tert-OH is 1. The van der Waals surface area contributed by atoms with Gasteiger partial charge < -0.3 is 10.4 Å². The van der Waals surface area contributed by atoms with Gasteiger partial charge in [0.25, 0.3) is 0 Å². The molecule has 4 nitrogen and oxygen atoms in total. The molecular weight excluding hydrogens is 225 g/mol. The Labute approximate surface area is 91.4 Å². The summed E-state index contributed by atoms with van der Waals surface area (Å²) in [5.74, 6) is -0.306. The second-order valence-electron chi connectivity index (χ2n) is 4.10. The summed E-state index contributed by atoms with van der Waals surface area (Å²) in [6.45, 7) is -0.731. The van der Waals surface area contributed by atoms with Gasteiger partial charge in [-0.1, -0.05) is 0 Å². The fourth-order valence-corrected chi connectivity index (χ4v) is 1.21. The first-order valence-corrected chi connectivity index (χ1v) is 5.01. The van der Waals surface area contributed by atoms with E-state index >= 15 is 0 Å². The van der Waals surface area contributed by atoms with Crippen molar-refractivity contribution in [3.05, 3.63) is 0 Å². The third-order valence-electron chi connectivity index (χ3n) is 2.22. The molecule has 1 aliphatic rings. The molecule has 0 spiro atoms. The van der Waals surface area contributed by atoms with Gasteiger partial charge in [-0.25, -0.2) is 0 Å². The number of likely N-dealkylation sites (N-methyl/N-ethyl adjacent to an activating group) is 1. The van der Waals surface area contributed by atoms with E-state index in [0.717, 1.165) is 17.7 Å². The minimum atomic E-state index is -4.64. The Balaban J connectivity index is 2.23. The van der Waals surface area contributed by atoms with Crippen molar-refractivity contribution in [2.45, 2.75) is 31.2 Å². The molecule has 1 rings (SSSR count). The Bertz CT molecular complexity index is 254. The summed E-state index contributed by atoms with van der Waals surface area (Å²) in [6, 6.07) is 0.188. The number of nitrogens with zero attached hydrogens (tertiary/aromatic N) is 1. The number of carbonyl (C=O) groups excluding carboxylic acids is 1. The lowest BCUT2D eigenvalue weighted by atomic mass is 10.3. The maximum absolute atomic E-state index is 12.0. The van der Waals surface area contributed by atoms with Gasteiger partial charge in [0, 0.05) is 12.6 Å². The van der Waals surface area contributed by atoms with Crippen LogP contribution in [0.3, 0.4) is 0 Å². The van der Waals surface area contributed by atoms with Crippen LogP contribution in [0.15, 0.2) is 0 Å². The van der Waals surface area contributed by atoms with Gasteiger partial charge in [-0.15, -0.1) is 0 Å². The van der Waals surface area contributed by atoms with Crippen LogP contribution in [0.5, 0.6) is 0 Å². The third-order valence-corrected chi connectivity index (χ3v) is 2.22. The molecule has 0 bridgehead atoms. The highest BCUT2D eigenvalue weighted by Crippen LogP contribution is 2.20. The normalized spacial score (nSPS) is 18.6. The van der Waals surface area contributed by atoms with Gasteiger partial charge in [0.05, 0.1) is 6.54 Å². The molecule has 1 fully saturated rings. The molecule has 16 heavy (non-hydrogen) atoms. The van der Waals surface area contributed by atoms with Crippen LogP contribution in [0, 0.1) is 0 Å². The Morgan fingerprint density at radius 3 is 2.56 bits per heavy atom. The van der Waals surface area contributed by atoms with Crippen molar-refractivity contribution in [2.24, 2.45) is 0 Å². The first kappa shape index (κ1) is 13.2. The molecule has 0 radical (unpaired) electrons. The zero-order valence-corrected chi connectivity index (χ0v) is 8.92. The van der Waals surface area contributed by atoms with E-state index in [9.17, 15) is 18.0 Å². The maximum atomic E-state index is 12.0. The number of hydrogen-bond donors (Lipinski definition) is 2. The van der Waals surface area contributed by atoms with Crippen molar-refractivity contribution < 1.29 is 23.1 Å². The molecule has 0 saturated heterocycles. The van der Waals surface area contributed by atoms with Crippen LogP contribution in [-0.4, -0.2) is 54.4 Å². The molecule has 1 unspecified atom stereocenters. The highest BCUT2D eigenvalue weighted by molar-refractivity contribution is 5.78. The van der Waals surface area contributed by atoms with E-state index in [0.29, 0.717) is 0 Å². The molecule has 1 atom stereocenters. The summed E-state index contributed by atoms with van der Waals surface area (Å²) in [4.78, 5) is 12.4. The second kappa shape index (κ2) is 5.01. The lowest BCUT2D eigenvalue weighted by Gasteiger charge is -2.21. The van der Waals surface area contributed by atoms with E-state index in [1.165, 1.54) is 7.05 Å². The fourth-order valence-electron chi connectivity index (χ4n) is 1.21. The molecule has 2 N–H and O–H groups in total. The first-order chi connectivity index (χ1) is 7.29. The number of aliphatic hydroxyl groups is 1. The topological polar surface area (TPSA) is 52.6 Å². The molecule has 1 saturated carbocycles. The summed E-state index contributed by atoms with van der Waals surface area (Å²) in [5.41, 5.74) is 0. The Kier molecular flexibility index (Phi) is 4.15.